The van der Waals surface area contributed by atoms with Crippen LogP contribution in [-0.4, -0.2) is 56.7 Å². The topological polar surface area (TPSA) is 97.8 Å². The molecule has 1 aromatic rings. The molecule has 0 aliphatic carbocycles. The predicted octanol–water partition coefficient (Wildman–Crippen LogP) is 0.760. The van der Waals surface area contributed by atoms with Crippen LogP contribution in [0.25, 0.3) is 0 Å². The van der Waals surface area contributed by atoms with E-state index in [0.717, 1.165) is 0 Å². The predicted molar refractivity (Wildman–Crippen MR) is 105 cm³/mol. The summed E-state index contributed by atoms with van der Waals surface area (Å²) in [7, 11) is 2.11. The van der Waals surface area contributed by atoms with Crippen LogP contribution in [0.1, 0.15) is 40.8 Å². The Bertz CT molecular complexity index is 706. The van der Waals surface area contributed by atoms with Gasteiger partial charge in [0.25, 0.3) is 0 Å². The van der Waals surface area contributed by atoms with Crippen molar-refractivity contribution in [2.45, 2.75) is 70.4 Å². The molecule has 26 heavy (non-hydrogen) atoms. The normalized spacial score (nSPS) is 27.2. The van der Waals surface area contributed by atoms with Crippen molar-refractivity contribution in [3.05, 3.63) is 21.2 Å². The summed E-state index contributed by atoms with van der Waals surface area (Å²) in [5.41, 5.74) is 4.16. The molecular weight excluding hydrogens is 422 g/mol. The van der Waals surface area contributed by atoms with Gasteiger partial charge in [-0.05, 0) is 50.5 Å². The molecule has 0 saturated carbocycles. The van der Waals surface area contributed by atoms with Crippen molar-refractivity contribution in [3.63, 3.8) is 0 Å². The van der Waals surface area contributed by atoms with Gasteiger partial charge in [-0.3, -0.25) is 4.57 Å². The standard InChI is InChI=1S/C16H28BrN3O5Si/c1-15(2,3)24-9-10(22-6)13(23-11(9)16(4,5)25-26)20-7-8(17)12(18)19-14(20)21/h7,9-11,13H,1-6,26H3,(H2,18,19,21)/t9-,10+,11-,13+/m0/s1. The highest BCUT2D eigenvalue weighted by Crippen LogP contribution is 2.40. The smallest absolute Gasteiger partial charge is 0.351 e. The second kappa shape index (κ2) is 7.68. The van der Waals surface area contributed by atoms with Crippen LogP contribution in [0.15, 0.2) is 15.5 Å². The first-order valence-corrected chi connectivity index (χ1v) is 9.97. The molecule has 0 amide bonds. The molecule has 1 fully saturated rings. The monoisotopic (exact) mass is 449 g/mol. The Morgan fingerprint density at radius 3 is 2.42 bits per heavy atom. The number of anilines is 1. The number of ether oxygens (including phenoxy) is 3. The number of rotatable bonds is 5. The average molecular weight is 450 g/mol. The molecular formula is C16H28BrN3O5Si. The van der Waals surface area contributed by atoms with Gasteiger partial charge in [-0.1, -0.05) is 0 Å². The number of nitrogens with two attached hydrogens (primary N) is 1. The van der Waals surface area contributed by atoms with Gasteiger partial charge >= 0.3 is 5.69 Å². The van der Waals surface area contributed by atoms with Crippen LogP contribution in [0.3, 0.4) is 0 Å². The van der Waals surface area contributed by atoms with E-state index < -0.39 is 41.4 Å². The van der Waals surface area contributed by atoms with E-state index in [1.165, 1.54) is 4.57 Å². The number of hydrogen-bond acceptors (Lipinski definition) is 7. The Kier molecular flexibility index (Phi) is 6.36. The van der Waals surface area contributed by atoms with Crippen molar-refractivity contribution >= 4 is 32.2 Å². The molecule has 8 nitrogen and oxygen atoms in total. The lowest BCUT2D eigenvalue weighted by atomic mass is 9.95. The zero-order valence-corrected chi connectivity index (χ0v) is 19.9. The van der Waals surface area contributed by atoms with Crippen LogP contribution >= 0.6 is 15.9 Å². The van der Waals surface area contributed by atoms with Crippen LogP contribution in [0.4, 0.5) is 5.82 Å². The molecule has 0 aromatic carbocycles. The maximum Gasteiger partial charge on any atom is 0.351 e. The largest absolute Gasteiger partial charge is 0.420 e. The van der Waals surface area contributed by atoms with Crippen molar-refractivity contribution in [1.29, 1.82) is 0 Å². The van der Waals surface area contributed by atoms with Crippen LogP contribution in [0.2, 0.25) is 0 Å². The van der Waals surface area contributed by atoms with Crippen molar-refractivity contribution < 1.29 is 18.6 Å². The first-order valence-electron chi connectivity index (χ1n) is 8.36. The van der Waals surface area contributed by atoms with Gasteiger partial charge in [0.1, 0.15) is 34.6 Å². The molecule has 0 radical (unpaired) electrons. The van der Waals surface area contributed by atoms with E-state index >= 15 is 0 Å². The Hall–Kier alpha value is -0.783. The molecule has 1 aliphatic heterocycles. The first-order chi connectivity index (χ1) is 11.9. The van der Waals surface area contributed by atoms with E-state index in [-0.39, 0.29) is 5.82 Å². The first kappa shape index (κ1) is 21.5. The SMILES string of the molecule is CO[C@@H]1[C@H](OC(C)(C)C)[C@@H](C(C)(C)O[SiH3])O[C@H]1n1cc(Br)c(N)nc1=O. The molecule has 0 bridgehead atoms. The fourth-order valence-electron chi connectivity index (χ4n) is 2.97. The molecule has 2 heterocycles. The second-order valence-electron chi connectivity index (χ2n) is 7.81. The lowest BCUT2D eigenvalue weighted by Gasteiger charge is -2.37. The maximum absolute atomic E-state index is 12.4. The molecule has 2 N–H and O–H groups in total. The number of methoxy groups -OCH3 is 1. The summed E-state index contributed by atoms with van der Waals surface area (Å²) in [5.74, 6) is 0.125. The highest BCUT2D eigenvalue weighted by atomic mass is 79.9. The highest BCUT2D eigenvalue weighted by Gasteiger charge is 2.54. The van der Waals surface area contributed by atoms with Gasteiger partial charge in [-0.25, -0.2) is 4.79 Å². The number of nitrogen functional groups attached to an aromatic ring is 1. The fourth-order valence-corrected chi connectivity index (χ4v) is 3.51. The zero-order valence-electron chi connectivity index (χ0n) is 16.3. The molecule has 4 atom stereocenters. The molecule has 0 spiro atoms. The van der Waals surface area contributed by atoms with Crippen molar-refractivity contribution in [2.24, 2.45) is 0 Å². The maximum atomic E-state index is 12.4. The van der Waals surface area contributed by atoms with Gasteiger partial charge in [0.05, 0.1) is 15.7 Å². The minimum Gasteiger partial charge on any atom is -0.420 e. The van der Waals surface area contributed by atoms with Crippen molar-refractivity contribution in [2.75, 3.05) is 12.8 Å². The molecule has 10 heteroatoms. The minimum atomic E-state index is -0.717. The number of aromatic nitrogens is 2. The number of hydrogen-bond donors (Lipinski definition) is 1. The van der Waals surface area contributed by atoms with E-state index in [1.54, 1.807) is 13.3 Å². The quantitative estimate of drug-likeness (QED) is 0.662. The Labute approximate surface area is 165 Å². The third-order valence-electron chi connectivity index (χ3n) is 4.37. The lowest BCUT2D eigenvalue weighted by molar-refractivity contribution is -0.153. The lowest BCUT2D eigenvalue weighted by Crippen LogP contribution is -2.50. The van der Waals surface area contributed by atoms with Gasteiger partial charge in [-0.15, -0.1) is 0 Å². The van der Waals surface area contributed by atoms with Gasteiger partial charge in [-0.2, -0.15) is 4.98 Å². The summed E-state index contributed by atoms with van der Waals surface area (Å²) >= 11 is 3.31. The molecule has 1 aromatic heterocycles. The third kappa shape index (κ3) is 4.37. The van der Waals surface area contributed by atoms with Crippen LogP contribution in [0.5, 0.6) is 0 Å². The Morgan fingerprint density at radius 2 is 1.92 bits per heavy atom. The van der Waals surface area contributed by atoms with Crippen molar-refractivity contribution in [3.8, 4) is 0 Å². The summed E-state index contributed by atoms with van der Waals surface area (Å²) in [5, 5.41) is 0. The van der Waals surface area contributed by atoms with Gasteiger partial charge in [0, 0.05) is 13.3 Å². The number of halogens is 1. The van der Waals surface area contributed by atoms with E-state index in [9.17, 15) is 4.79 Å². The van der Waals surface area contributed by atoms with Gasteiger partial charge in [0.15, 0.2) is 6.23 Å². The summed E-state index contributed by atoms with van der Waals surface area (Å²) in [4.78, 5) is 16.2. The molecule has 1 aliphatic rings. The fraction of sp³-hybridized carbons (Fsp3) is 0.750. The molecule has 148 valence electrons. The molecule has 1 saturated heterocycles. The van der Waals surface area contributed by atoms with E-state index in [4.69, 9.17) is 24.4 Å². The zero-order chi connectivity index (χ0) is 19.9. The summed E-state index contributed by atoms with van der Waals surface area (Å²) < 4.78 is 25.9. The van der Waals surface area contributed by atoms with E-state index in [1.807, 2.05) is 34.6 Å². The van der Waals surface area contributed by atoms with E-state index in [2.05, 4.69) is 20.9 Å². The van der Waals surface area contributed by atoms with Crippen molar-refractivity contribution in [1.82, 2.24) is 9.55 Å². The van der Waals surface area contributed by atoms with Gasteiger partial charge < -0.3 is 24.4 Å². The Balaban J connectivity index is 2.51. The minimum absolute atomic E-state index is 0.125. The summed E-state index contributed by atoms with van der Waals surface area (Å²) in [6.45, 7) is 9.78. The Morgan fingerprint density at radius 1 is 1.31 bits per heavy atom. The van der Waals surface area contributed by atoms with Crippen LogP contribution in [-0.2, 0) is 18.6 Å². The molecule has 2 rings (SSSR count). The average Bonchev–Trinajstić information content (AvgIpc) is 2.87. The van der Waals surface area contributed by atoms with Crippen LogP contribution < -0.4 is 11.4 Å². The van der Waals surface area contributed by atoms with Crippen LogP contribution in [0, 0.1) is 0 Å². The number of nitrogens with zero attached hydrogens (tertiary/aromatic N) is 2. The third-order valence-corrected chi connectivity index (χ3v) is 6.03. The highest BCUT2D eigenvalue weighted by molar-refractivity contribution is 9.10. The summed E-state index contributed by atoms with van der Waals surface area (Å²) in [6.07, 6.45) is -0.544. The van der Waals surface area contributed by atoms with E-state index in [0.29, 0.717) is 15.0 Å². The summed E-state index contributed by atoms with van der Waals surface area (Å²) in [6, 6.07) is 0. The van der Waals surface area contributed by atoms with Gasteiger partial charge in [0.2, 0.25) is 0 Å². The molecule has 0 unspecified atom stereocenters. The second-order valence-corrected chi connectivity index (χ2v) is 9.08.